The molecule has 0 radical (unpaired) electrons. The van der Waals surface area contributed by atoms with Crippen LogP contribution in [0.25, 0.3) is 0 Å². The standard InChI is InChI=1S/C14H18O5/c1-2-3-4-5-10(15)6-9-7-11(16)8-12(17)13(9)14(18)19/h7-8,16-17H,2-6H2,1H3,(H,18,19). The molecule has 0 unspecified atom stereocenters. The van der Waals surface area contributed by atoms with Gasteiger partial charge in [-0.2, -0.15) is 0 Å². The third-order valence-corrected chi connectivity index (χ3v) is 2.84. The Bertz CT molecular complexity index is 479. The molecule has 1 aromatic carbocycles. The maximum absolute atomic E-state index is 11.7. The molecule has 0 aromatic heterocycles. The number of hydrogen-bond acceptors (Lipinski definition) is 4. The van der Waals surface area contributed by atoms with E-state index < -0.39 is 11.7 Å². The van der Waals surface area contributed by atoms with E-state index in [1.54, 1.807) is 0 Å². The second kappa shape index (κ2) is 6.78. The first-order valence-electron chi connectivity index (χ1n) is 6.25. The monoisotopic (exact) mass is 266 g/mol. The SMILES string of the molecule is CCCCCC(=O)Cc1cc(O)cc(O)c1C(=O)O. The second-order valence-corrected chi connectivity index (χ2v) is 4.48. The number of Topliss-reactive ketones (excluding diaryl/α,β-unsaturated/α-hetero) is 1. The maximum atomic E-state index is 11.7. The van der Waals surface area contributed by atoms with E-state index in [9.17, 15) is 19.8 Å². The highest BCUT2D eigenvalue weighted by Gasteiger charge is 2.18. The van der Waals surface area contributed by atoms with E-state index in [4.69, 9.17) is 5.11 Å². The topological polar surface area (TPSA) is 94.8 Å². The Balaban J connectivity index is 2.87. The molecule has 104 valence electrons. The van der Waals surface area contributed by atoms with Crippen LogP contribution >= 0.6 is 0 Å². The highest BCUT2D eigenvalue weighted by molar-refractivity contribution is 5.95. The van der Waals surface area contributed by atoms with E-state index in [2.05, 4.69) is 0 Å². The fourth-order valence-corrected chi connectivity index (χ4v) is 1.93. The number of carboxylic acid groups (broad SMARTS) is 1. The number of ketones is 1. The predicted molar refractivity (Wildman–Crippen MR) is 69.6 cm³/mol. The lowest BCUT2D eigenvalue weighted by molar-refractivity contribution is -0.118. The van der Waals surface area contributed by atoms with Crippen LogP contribution in [0.3, 0.4) is 0 Å². The van der Waals surface area contributed by atoms with Crippen molar-refractivity contribution in [1.29, 1.82) is 0 Å². The molecule has 19 heavy (non-hydrogen) atoms. The summed E-state index contributed by atoms with van der Waals surface area (Å²) in [6.45, 7) is 2.03. The zero-order valence-electron chi connectivity index (χ0n) is 10.8. The number of carbonyl (C=O) groups is 2. The fraction of sp³-hybridized carbons (Fsp3) is 0.429. The van der Waals surface area contributed by atoms with Crippen molar-refractivity contribution in [3.63, 3.8) is 0 Å². The Hall–Kier alpha value is -2.04. The second-order valence-electron chi connectivity index (χ2n) is 4.48. The van der Waals surface area contributed by atoms with Crippen LogP contribution < -0.4 is 0 Å². The van der Waals surface area contributed by atoms with Crippen LogP contribution in [0.2, 0.25) is 0 Å². The van der Waals surface area contributed by atoms with E-state index in [1.165, 1.54) is 6.07 Å². The number of hydrogen-bond donors (Lipinski definition) is 3. The first-order valence-corrected chi connectivity index (χ1v) is 6.25. The van der Waals surface area contributed by atoms with Crippen molar-refractivity contribution in [3.05, 3.63) is 23.3 Å². The van der Waals surface area contributed by atoms with Crippen LogP contribution in [-0.4, -0.2) is 27.1 Å². The van der Waals surface area contributed by atoms with Crippen molar-refractivity contribution in [3.8, 4) is 11.5 Å². The van der Waals surface area contributed by atoms with Gasteiger partial charge in [0.1, 0.15) is 22.8 Å². The number of phenolic OH excluding ortho intramolecular Hbond substituents is 1. The minimum atomic E-state index is -1.31. The molecule has 0 saturated carbocycles. The van der Waals surface area contributed by atoms with Crippen molar-refractivity contribution in [2.75, 3.05) is 0 Å². The number of aromatic hydroxyl groups is 2. The van der Waals surface area contributed by atoms with Gasteiger partial charge in [-0.1, -0.05) is 19.8 Å². The number of aromatic carboxylic acids is 1. The van der Waals surface area contributed by atoms with Crippen molar-refractivity contribution in [2.45, 2.75) is 39.0 Å². The number of rotatable bonds is 7. The van der Waals surface area contributed by atoms with Gasteiger partial charge in [0, 0.05) is 18.9 Å². The van der Waals surface area contributed by atoms with Crippen molar-refractivity contribution >= 4 is 11.8 Å². The summed E-state index contributed by atoms with van der Waals surface area (Å²) in [5.74, 6) is -2.18. The highest BCUT2D eigenvalue weighted by Crippen LogP contribution is 2.28. The highest BCUT2D eigenvalue weighted by atomic mass is 16.4. The lowest BCUT2D eigenvalue weighted by Crippen LogP contribution is -2.09. The zero-order chi connectivity index (χ0) is 14.4. The first-order chi connectivity index (χ1) is 8.95. The van der Waals surface area contributed by atoms with Crippen molar-refractivity contribution in [1.82, 2.24) is 0 Å². The van der Waals surface area contributed by atoms with E-state index in [-0.39, 0.29) is 29.1 Å². The largest absolute Gasteiger partial charge is 0.508 e. The van der Waals surface area contributed by atoms with Gasteiger partial charge < -0.3 is 15.3 Å². The van der Waals surface area contributed by atoms with Crippen LogP contribution in [-0.2, 0) is 11.2 Å². The lowest BCUT2D eigenvalue weighted by atomic mass is 9.98. The Morgan fingerprint density at radius 3 is 2.42 bits per heavy atom. The molecule has 1 rings (SSSR count). The molecule has 0 heterocycles. The normalized spacial score (nSPS) is 10.4. The predicted octanol–water partition coefficient (Wildman–Crippen LogP) is 2.49. The quantitative estimate of drug-likeness (QED) is 0.659. The Morgan fingerprint density at radius 1 is 1.16 bits per heavy atom. The van der Waals surface area contributed by atoms with Gasteiger partial charge in [-0.05, 0) is 18.1 Å². The van der Waals surface area contributed by atoms with Crippen LogP contribution in [0.15, 0.2) is 12.1 Å². The third-order valence-electron chi connectivity index (χ3n) is 2.84. The van der Waals surface area contributed by atoms with Crippen LogP contribution in [0, 0.1) is 0 Å². The van der Waals surface area contributed by atoms with Crippen molar-refractivity contribution < 1.29 is 24.9 Å². The lowest BCUT2D eigenvalue weighted by Gasteiger charge is -2.08. The summed E-state index contributed by atoms with van der Waals surface area (Å²) in [6.07, 6.45) is 3.00. The van der Waals surface area contributed by atoms with E-state index >= 15 is 0 Å². The Morgan fingerprint density at radius 2 is 1.84 bits per heavy atom. The van der Waals surface area contributed by atoms with Gasteiger partial charge in [0.2, 0.25) is 0 Å². The van der Waals surface area contributed by atoms with Gasteiger partial charge in [-0.25, -0.2) is 4.79 Å². The summed E-state index contributed by atoms with van der Waals surface area (Å²) in [4.78, 5) is 22.8. The molecule has 0 aliphatic heterocycles. The first kappa shape index (κ1) is 15.0. The maximum Gasteiger partial charge on any atom is 0.339 e. The molecule has 0 aliphatic carbocycles. The summed E-state index contributed by atoms with van der Waals surface area (Å²) in [5.41, 5.74) is -0.173. The molecular formula is C14H18O5. The Kier molecular flexibility index (Phi) is 5.36. The molecule has 0 saturated heterocycles. The minimum absolute atomic E-state index is 0.0900. The molecule has 1 aromatic rings. The summed E-state index contributed by atoms with van der Waals surface area (Å²) in [7, 11) is 0. The van der Waals surface area contributed by atoms with Gasteiger partial charge in [-0.15, -0.1) is 0 Å². The molecule has 0 atom stereocenters. The van der Waals surface area contributed by atoms with Crippen LogP contribution in [0.4, 0.5) is 0 Å². The fourth-order valence-electron chi connectivity index (χ4n) is 1.93. The van der Waals surface area contributed by atoms with Crippen LogP contribution in [0.5, 0.6) is 11.5 Å². The third kappa shape index (κ3) is 4.28. The van der Waals surface area contributed by atoms with E-state index in [0.717, 1.165) is 25.3 Å². The molecule has 0 bridgehead atoms. The molecular weight excluding hydrogens is 248 g/mol. The van der Waals surface area contributed by atoms with Gasteiger partial charge in [0.25, 0.3) is 0 Å². The van der Waals surface area contributed by atoms with E-state index in [1.807, 2.05) is 6.92 Å². The Labute approximate surface area is 111 Å². The molecule has 5 nitrogen and oxygen atoms in total. The number of unbranched alkanes of at least 4 members (excludes halogenated alkanes) is 2. The van der Waals surface area contributed by atoms with Gasteiger partial charge in [-0.3, -0.25) is 4.79 Å². The summed E-state index contributed by atoms with van der Waals surface area (Å²) >= 11 is 0. The van der Waals surface area contributed by atoms with Gasteiger partial charge >= 0.3 is 5.97 Å². The molecule has 0 amide bonds. The minimum Gasteiger partial charge on any atom is -0.508 e. The number of benzene rings is 1. The van der Waals surface area contributed by atoms with Crippen LogP contribution in [0.1, 0.15) is 48.5 Å². The molecule has 0 aliphatic rings. The zero-order valence-corrected chi connectivity index (χ0v) is 10.8. The number of carbonyl (C=O) groups excluding carboxylic acids is 1. The summed E-state index contributed by atoms with van der Waals surface area (Å²) in [5, 5.41) is 27.9. The average molecular weight is 266 g/mol. The number of carboxylic acids is 1. The summed E-state index contributed by atoms with van der Waals surface area (Å²) < 4.78 is 0. The summed E-state index contributed by atoms with van der Waals surface area (Å²) in [6, 6.07) is 2.16. The molecule has 0 fully saturated rings. The molecule has 5 heteroatoms. The van der Waals surface area contributed by atoms with Gasteiger partial charge in [0.15, 0.2) is 0 Å². The molecule has 0 spiro atoms. The molecule has 3 N–H and O–H groups in total. The van der Waals surface area contributed by atoms with E-state index in [0.29, 0.717) is 6.42 Å². The van der Waals surface area contributed by atoms with Gasteiger partial charge in [0.05, 0.1) is 0 Å². The average Bonchev–Trinajstić information content (AvgIpc) is 2.27. The number of phenols is 2. The smallest absolute Gasteiger partial charge is 0.339 e. The van der Waals surface area contributed by atoms with Crippen molar-refractivity contribution in [2.24, 2.45) is 0 Å².